The van der Waals surface area contributed by atoms with Gasteiger partial charge in [0.25, 0.3) is 15.9 Å². The number of carbonyl (C=O) groups excluding carboxylic acids is 1. The largest absolute Gasteiger partial charge is 0.511 e. The second-order valence-electron chi connectivity index (χ2n) is 10.6. The SMILES string of the molecule is CS(=O)(=O)Nc1ccc2c(c1)S(=O)(=O)N=C(C1=C(O)[C@@H]3C4CCC(CC4)[C@@H]3N(Cc3ccc(Cl)cc3)C1=O)N2. The van der Waals surface area contributed by atoms with Gasteiger partial charge in [0, 0.05) is 29.2 Å². The van der Waals surface area contributed by atoms with Gasteiger partial charge in [0.2, 0.25) is 10.0 Å². The molecule has 2 aromatic carbocycles. The summed E-state index contributed by atoms with van der Waals surface area (Å²) in [7, 11) is -7.96. The normalized spacial score (nSPS) is 27.4. The maximum Gasteiger partial charge on any atom is 0.286 e. The van der Waals surface area contributed by atoms with Crippen molar-refractivity contribution in [1.29, 1.82) is 0 Å². The van der Waals surface area contributed by atoms with Gasteiger partial charge >= 0.3 is 0 Å². The van der Waals surface area contributed by atoms with E-state index in [-0.39, 0.29) is 63.8 Å². The number of fused-ring (bicyclic) bond motifs is 3. The van der Waals surface area contributed by atoms with E-state index in [4.69, 9.17) is 11.6 Å². The van der Waals surface area contributed by atoms with Crippen molar-refractivity contribution >= 4 is 54.8 Å². The van der Waals surface area contributed by atoms with E-state index >= 15 is 0 Å². The monoisotopic (exact) mass is 590 g/mol. The topological polar surface area (TPSA) is 145 Å². The van der Waals surface area contributed by atoms with Gasteiger partial charge in [0.1, 0.15) is 16.2 Å². The van der Waals surface area contributed by atoms with Crippen LogP contribution < -0.4 is 10.0 Å². The summed E-state index contributed by atoms with van der Waals surface area (Å²) in [6, 6.07) is 11.0. The maximum atomic E-state index is 14.1. The Morgan fingerprint density at radius 1 is 1.10 bits per heavy atom. The van der Waals surface area contributed by atoms with Crippen LogP contribution in [0.5, 0.6) is 0 Å². The molecule has 0 saturated heterocycles. The first-order chi connectivity index (χ1) is 18.4. The average molecular weight is 591 g/mol. The summed E-state index contributed by atoms with van der Waals surface area (Å²) in [5.41, 5.74) is 0.913. The van der Waals surface area contributed by atoms with Gasteiger partial charge in [-0.2, -0.15) is 8.42 Å². The molecule has 10 nitrogen and oxygen atoms in total. The molecule has 5 aliphatic rings. The van der Waals surface area contributed by atoms with Crippen LogP contribution in [0.25, 0.3) is 0 Å². The van der Waals surface area contributed by atoms with Gasteiger partial charge in [-0.1, -0.05) is 23.7 Å². The van der Waals surface area contributed by atoms with E-state index in [0.29, 0.717) is 5.02 Å². The van der Waals surface area contributed by atoms with Crippen molar-refractivity contribution in [3.05, 3.63) is 64.4 Å². The minimum atomic E-state index is -4.33. The van der Waals surface area contributed by atoms with Crippen molar-refractivity contribution in [2.75, 3.05) is 16.3 Å². The van der Waals surface area contributed by atoms with Crippen molar-refractivity contribution in [3.8, 4) is 0 Å². The number of amides is 1. The molecule has 2 aliphatic heterocycles. The number of aliphatic hydroxyl groups is 1. The molecular weight excluding hydrogens is 564 g/mol. The Bertz CT molecular complexity index is 1650. The number of nitrogens with one attached hydrogen (secondary N) is 2. The second-order valence-corrected chi connectivity index (χ2v) is 14.4. The van der Waals surface area contributed by atoms with E-state index < -0.39 is 26.0 Å². The molecule has 3 fully saturated rings. The molecule has 3 aliphatic carbocycles. The molecular formula is C26H27ClN4O6S2. The summed E-state index contributed by atoms with van der Waals surface area (Å²) in [6.07, 6.45) is 4.78. The molecule has 2 bridgehead atoms. The van der Waals surface area contributed by atoms with Gasteiger partial charge in [-0.05, 0) is 73.4 Å². The fourth-order valence-electron chi connectivity index (χ4n) is 6.54. The second kappa shape index (κ2) is 9.24. The van der Waals surface area contributed by atoms with E-state index in [1.165, 1.54) is 18.2 Å². The Balaban J connectivity index is 1.42. The van der Waals surface area contributed by atoms with Crippen LogP contribution in [-0.4, -0.2) is 50.9 Å². The molecule has 206 valence electrons. The fourth-order valence-corrected chi connectivity index (χ4v) is 8.37. The minimum absolute atomic E-state index is 0.0614. The van der Waals surface area contributed by atoms with Crippen LogP contribution in [0.1, 0.15) is 31.2 Å². The molecule has 2 aromatic rings. The van der Waals surface area contributed by atoms with Crippen molar-refractivity contribution < 1.29 is 26.7 Å². The van der Waals surface area contributed by atoms with Gasteiger partial charge in [-0.25, -0.2) is 8.42 Å². The zero-order chi connectivity index (χ0) is 27.7. The first-order valence-electron chi connectivity index (χ1n) is 12.6. The maximum absolute atomic E-state index is 14.1. The van der Waals surface area contributed by atoms with Crippen molar-refractivity contribution in [2.45, 2.75) is 43.2 Å². The summed E-state index contributed by atoms with van der Waals surface area (Å²) >= 11 is 6.06. The number of amidine groups is 1. The van der Waals surface area contributed by atoms with Gasteiger partial charge in [-0.3, -0.25) is 9.52 Å². The summed E-state index contributed by atoms with van der Waals surface area (Å²) in [4.78, 5) is 15.6. The third kappa shape index (κ3) is 4.68. The molecule has 0 aromatic heterocycles. The predicted molar refractivity (Wildman–Crippen MR) is 148 cm³/mol. The van der Waals surface area contributed by atoms with Gasteiger partial charge in [0.15, 0.2) is 5.84 Å². The van der Waals surface area contributed by atoms with Gasteiger partial charge < -0.3 is 15.3 Å². The van der Waals surface area contributed by atoms with Gasteiger partial charge in [-0.15, -0.1) is 4.40 Å². The van der Waals surface area contributed by atoms with Gasteiger partial charge in [0.05, 0.1) is 11.9 Å². The van der Waals surface area contributed by atoms with Crippen molar-refractivity contribution in [2.24, 2.45) is 22.2 Å². The molecule has 1 amide bonds. The third-order valence-corrected chi connectivity index (χ3v) is 10.3. The number of benzene rings is 2. The summed E-state index contributed by atoms with van der Waals surface area (Å²) < 4.78 is 55.8. The zero-order valence-corrected chi connectivity index (χ0v) is 23.4. The number of halogens is 1. The highest BCUT2D eigenvalue weighted by Gasteiger charge is 2.54. The van der Waals surface area contributed by atoms with Crippen LogP contribution >= 0.6 is 11.6 Å². The van der Waals surface area contributed by atoms with Crippen LogP contribution in [0.2, 0.25) is 5.02 Å². The Labute approximate surface area is 231 Å². The Kier molecular flexibility index (Phi) is 6.20. The summed E-state index contributed by atoms with van der Waals surface area (Å²) in [6.45, 7) is 0.286. The standard InChI is InChI=1S/C26H27ClN4O6S2/c1-38(34,35)29-18-10-11-19-20(12-18)39(36,37)30-25(28-19)22-24(32)21-15-4-6-16(7-5-15)23(21)31(26(22)33)13-14-2-8-17(27)9-3-14/h2-3,8-12,15-16,21,23,29,32H,4-7,13H2,1H3,(H,28,30)/t15?,16?,21-,23+/m1/s1. The van der Waals surface area contributed by atoms with E-state index in [2.05, 4.69) is 14.4 Å². The molecule has 2 atom stereocenters. The van der Waals surface area contributed by atoms with Crippen LogP contribution in [0.15, 0.2) is 63.1 Å². The zero-order valence-electron chi connectivity index (χ0n) is 21.0. The predicted octanol–water partition coefficient (Wildman–Crippen LogP) is 3.88. The lowest BCUT2D eigenvalue weighted by Gasteiger charge is -2.54. The molecule has 0 radical (unpaired) electrons. The summed E-state index contributed by atoms with van der Waals surface area (Å²) in [5.74, 6) is -0.745. The quantitative estimate of drug-likeness (QED) is 0.479. The molecule has 0 spiro atoms. The van der Waals surface area contributed by atoms with Crippen LogP contribution in [0, 0.1) is 17.8 Å². The number of sulfonamides is 2. The summed E-state index contributed by atoms with van der Waals surface area (Å²) in [5, 5.41) is 15.0. The molecule has 2 heterocycles. The third-order valence-electron chi connectivity index (χ3n) is 8.11. The number of carbonyl (C=O) groups is 1. The highest BCUT2D eigenvalue weighted by molar-refractivity contribution is 7.92. The van der Waals surface area contributed by atoms with Crippen molar-refractivity contribution in [1.82, 2.24) is 4.90 Å². The molecule has 3 N–H and O–H groups in total. The number of hydrogen-bond acceptors (Lipinski definition) is 7. The van der Waals surface area contributed by atoms with E-state index in [9.17, 15) is 26.7 Å². The first-order valence-corrected chi connectivity index (χ1v) is 16.3. The smallest absolute Gasteiger partial charge is 0.286 e. The molecule has 7 rings (SSSR count). The number of nitrogens with zero attached hydrogens (tertiary/aromatic N) is 2. The highest BCUT2D eigenvalue weighted by Crippen LogP contribution is 2.52. The highest BCUT2D eigenvalue weighted by atomic mass is 35.5. The molecule has 3 saturated carbocycles. The molecule has 13 heteroatoms. The number of anilines is 2. The lowest BCUT2D eigenvalue weighted by molar-refractivity contribution is -0.140. The van der Waals surface area contributed by atoms with Crippen LogP contribution in [0.4, 0.5) is 11.4 Å². The lowest BCUT2D eigenvalue weighted by atomic mass is 9.59. The fraction of sp³-hybridized carbons (Fsp3) is 0.385. The van der Waals surface area contributed by atoms with E-state index in [1.807, 2.05) is 12.1 Å². The minimum Gasteiger partial charge on any atom is -0.511 e. The lowest BCUT2D eigenvalue weighted by Crippen LogP contribution is -2.60. The Morgan fingerprint density at radius 2 is 1.77 bits per heavy atom. The number of hydrogen-bond donors (Lipinski definition) is 3. The van der Waals surface area contributed by atoms with Crippen LogP contribution in [-0.2, 0) is 31.4 Å². The Hall–Kier alpha value is -3.09. The molecule has 39 heavy (non-hydrogen) atoms. The number of rotatable bonds is 5. The van der Waals surface area contributed by atoms with Crippen molar-refractivity contribution in [3.63, 3.8) is 0 Å². The molecule has 0 unspecified atom stereocenters. The Morgan fingerprint density at radius 3 is 2.44 bits per heavy atom. The number of aliphatic hydroxyl groups excluding tert-OH is 1. The van der Waals surface area contributed by atoms with Crippen LogP contribution in [0.3, 0.4) is 0 Å². The average Bonchev–Trinajstić information content (AvgIpc) is 2.87. The first kappa shape index (κ1) is 26.1. The van der Waals surface area contributed by atoms with E-state index in [1.54, 1.807) is 17.0 Å². The van der Waals surface area contributed by atoms with E-state index in [0.717, 1.165) is 37.5 Å².